The lowest BCUT2D eigenvalue weighted by Crippen LogP contribution is -2.43. The number of hydrogen-bond donors (Lipinski definition) is 0. The van der Waals surface area contributed by atoms with E-state index in [1.807, 2.05) is 0 Å². The molecule has 126 valence electrons. The first kappa shape index (κ1) is 17.2. The number of sulfonamides is 1. The second-order valence-corrected chi connectivity index (χ2v) is 7.08. The monoisotopic (exact) mass is 341 g/mol. The molecule has 0 amide bonds. The van der Waals surface area contributed by atoms with Crippen LogP contribution in [0.15, 0.2) is 23.1 Å². The molecule has 0 spiro atoms. The highest BCUT2D eigenvalue weighted by atomic mass is 32.2. The van der Waals surface area contributed by atoms with Crippen LogP contribution in [-0.2, 0) is 14.8 Å². The number of carbonyl (C=O) groups excluding carboxylic acids is 2. The van der Waals surface area contributed by atoms with Crippen LogP contribution in [0, 0.1) is 5.92 Å². The van der Waals surface area contributed by atoms with Crippen molar-refractivity contribution < 1.29 is 33.0 Å². The van der Waals surface area contributed by atoms with Gasteiger partial charge in [-0.25, -0.2) is 8.42 Å². The number of nitrogens with zero attached hydrogens (tertiary/aromatic N) is 1. The van der Waals surface area contributed by atoms with Gasteiger partial charge in [0.15, 0.2) is 0 Å². The van der Waals surface area contributed by atoms with Gasteiger partial charge in [0.25, 0.3) is 0 Å². The summed E-state index contributed by atoms with van der Waals surface area (Å²) in [5, 5.41) is 21.9. The molecule has 1 aliphatic heterocycles. The highest BCUT2D eigenvalue weighted by Crippen LogP contribution is 2.27. The molecule has 1 aromatic carbocycles. The molecule has 0 bridgehead atoms. The molecular weight excluding hydrogens is 326 g/mol. The summed E-state index contributed by atoms with van der Waals surface area (Å²) in [4.78, 5) is 21.7. The fraction of sp³-hybridized carbons (Fsp3) is 0.429. The highest BCUT2D eigenvalue weighted by Gasteiger charge is 2.30. The number of carboxylic acids is 2. The van der Waals surface area contributed by atoms with E-state index in [4.69, 9.17) is 4.74 Å². The number of aliphatic carboxylic acids is 1. The second-order valence-electron chi connectivity index (χ2n) is 5.15. The first-order chi connectivity index (χ1) is 10.8. The number of ether oxygens (including phenoxy) is 1. The van der Waals surface area contributed by atoms with Gasteiger partial charge < -0.3 is 24.5 Å². The van der Waals surface area contributed by atoms with Crippen molar-refractivity contribution in [3.05, 3.63) is 23.8 Å². The van der Waals surface area contributed by atoms with Gasteiger partial charge in [-0.15, -0.1) is 0 Å². The molecule has 0 atom stereocenters. The summed E-state index contributed by atoms with van der Waals surface area (Å²) in [6.07, 6.45) is 0.316. The van der Waals surface area contributed by atoms with Gasteiger partial charge >= 0.3 is 0 Å². The average Bonchev–Trinajstić information content (AvgIpc) is 2.54. The van der Waals surface area contributed by atoms with E-state index in [-0.39, 0.29) is 42.1 Å². The van der Waals surface area contributed by atoms with E-state index in [0.29, 0.717) is 0 Å². The predicted octanol–water partition coefficient (Wildman–Crippen LogP) is -1.79. The van der Waals surface area contributed by atoms with Crippen molar-refractivity contribution in [2.24, 2.45) is 5.92 Å². The molecule has 0 N–H and O–H groups in total. The largest absolute Gasteiger partial charge is 0.550 e. The van der Waals surface area contributed by atoms with E-state index in [1.165, 1.54) is 19.2 Å². The van der Waals surface area contributed by atoms with Crippen LogP contribution in [0.1, 0.15) is 23.2 Å². The molecule has 1 aromatic rings. The third-order valence-electron chi connectivity index (χ3n) is 3.82. The lowest BCUT2D eigenvalue weighted by molar-refractivity contribution is -0.312. The van der Waals surface area contributed by atoms with Crippen LogP contribution in [0.3, 0.4) is 0 Å². The Morgan fingerprint density at radius 2 is 1.83 bits per heavy atom. The number of rotatable bonds is 5. The molecule has 0 aliphatic carbocycles. The number of hydrogen-bond acceptors (Lipinski definition) is 7. The molecule has 1 fully saturated rings. The highest BCUT2D eigenvalue weighted by molar-refractivity contribution is 7.89. The average molecular weight is 341 g/mol. The number of benzene rings is 1. The number of carbonyl (C=O) groups is 2. The Labute approximate surface area is 133 Å². The zero-order chi connectivity index (χ0) is 17.2. The quantitative estimate of drug-likeness (QED) is 0.619. The maximum atomic E-state index is 12.5. The number of methoxy groups -OCH3 is 1. The maximum absolute atomic E-state index is 12.5. The van der Waals surface area contributed by atoms with Crippen molar-refractivity contribution in [2.45, 2.75) is 17.7 Å². The van der Waals surface area contributed by atoms with Gasteiger partial charge in [0, 0.05) is 30.5 Å². The standard InChI is InChI=1S/C14H17NO7S/c1-22-12-3-2-10(8-11(12)14(18)19)23(20,21)15-6-4-9(5-7-15)13(16)17/h2-3,8-9H,4-7H2,1H3,(H,16,17)(H,18,19)/p-2. The zero-order valence-electron chi connectivity index (χ0n) is 12.4. The summed E-state index contributed by atoms with van der Waals surface area (Å²) < 4.78 is 31.1. The molecule has 9 heteroatoms. The molecule has 0 aromatic heterocycles. The Hall–Kier alpha value is -2.13. The van der Waals surface area contributed by atoms with E-state index >= 15 is 0 Å². The summed E-state index contributed by atoms with van der Waals surface area (Å²) >= 11 is 0. The molecule has 0 unspecified atom stereocenters. The fourth-order valence-corrected chi connectivity index (χ4v) is 3.98. The molecular formula is C14H15NO7S-2. The predicted molar refractivity (Wildman–Crippen MR) is 73.8 cm³/mol. The van der Waals surface area contributed by atoms with Crippen LogP contribution < -0.4 is 14.9 Å². The molecule has 23 heavy (non-hydrogen) atoms. The molecule has 0 radical (unpaired) electrons. The van der Waals surface area contributed by atoms with E-state index in [1.54, 1.807) is 0 Å². The minimum Gasteiger partial charge on any atom is -0.550 e. The first-order valence-electron chi connectivity index (χ1n) is 6.87. The smallest absolute Gasteiger partial charge is 0.243 e. The molecule has 8 nitrogen and oxygen atoms in total. The van der Waals surface area contributed by atoms with Gasteiger partial charge in [-0.3, -0.25) is 0 Å². The number of aromatic carboxylic acids is 1. The minimum atomic E-state index is -3.92. The van der Waals surface area contributed by atoms with Crippen molar-refractivity contribution in [1.29, 1.82) is 0 Å². The first-order valence-corrected chi connectivity index (χ1v) is 8.31. The summed E-state index contributed by atoms with van der Waals surface area (Å²) in [6, 6.07) is 3.46. The van der Waals surface area contributed by atoms with E-state index in [0.717, 1.165) is 10.4 Å². The molecule has 1 heterocycles. The van der Waals surface area contributed by atoms with Crippen LogP contribution in [0.2, 0.25) is 0 Å². The third-order valence-corrected chi connectivity index (χ3v) is 5.71. The molecule has 1 saturated heterocycles. The van der Waals surface area contributed by atoms with Crippen molar-refractivity contribution in [2.75, 3.05) is 20.2 Å². The van der Waals surface area contributed by atoms with Crippen molar-refractivity contribution in [3.63, 3.8) is 0 Å². The van der Waals surface area contributed by atoms with Crippen LogP contribution in [0.5, 0.6) is 5.75 Å². The van der Waals surface area contributed by atoms with Crippen molar-refractivity contribution in [3.8, 4) is 5.75 Å². The number of piperidine rings is 1. The van der Waals surface area contributed by atoms with Crippen LogP contribution >= 0.6 is 0 Å². The van der Waals surface area contributed by atoms with Crippen LogP contribution in [-0.4, -0.2) is 44.9 Å². The topological polar surface area (TPSA) is 127 Å². The normalized spacial score (nSPS) is 16.9. The SMILES string of the molecule is COc1ccc(S(=O)(=O)N2CCC(C(=O)[O-])CC2)cc1C(=O)[O-]. The van der Waals surface area contributed by atoms with Crippen molar-refractivity contribution >= 4 is 22.0 Å². The van der Waals surface area contributed by atoms with E-state index in [9.17, 15) is 28.2 Å². The summed E-state index contributed by atoms with van der Waals surface area (Å²) in [5.41, 5.74) is -0.363. The minimum absolute atomic E-state index is 0.000361. The molecule has 1 aliphatic rings. The summed E-state index contributed by atoms with van der Waals surface area (Å²) in [6.45, 7) is 0.0708. The third kappa shape index (κ3) is 3.45. The Bertz CT molecular complexity index is 721. The van der Waals surface area contributed by atoms with E-state index in [2.05, 4.69) is 0 Å². The lowest BCUT2D eigenvalue weighted by Gasteiger charge is -2.31. The Morgan fingerprint density at radius 1 is 1.22 bits per heavy atom. The molecule has 2 rings (SSSR count). The maximum Gasteiger partial charge on any atom is 0.243 e. The second kappa shape index (κ2) is 6.55. The van der Waals surface area contributed by atoms with Gasteiger partial charge in [-0.05, 0) is 31.0 Å². The Morgan fingerprint density at radius 3 is 2.30 bits per heavy atom. The summed E-state index contributed by atoms with van der Waals surface area (Å²) in [5.74, 6) is -3.41. The van der Waals surface area contributed by atoms with Gasteiger partial charge in [0.1, 0.15) is 5.75 Å². The Balaban J connectivity index is 2.29. The molecule has 0 saturated carbocycles. The number of carboxylic acid groups (broad SMARTS) is 2. The summed E-state index contributed by atoms with van der Waals surface area (Å²) in [7, 11) is -2.65. The van der Waals surface area contributed by atoms with Crippen LogP contribution in [0.25, 0.3) is 0 Å². The lowest BCUT2D eigenvalue weighted by atomic mass is 9.99. The van der Waals surface area contributed by atoms with Crippen LogP contribution in [0.4, 0.5) is 0 Å². The van der Waals surface area contributed by atoms with Gasteiger partial charge in [-0.1, -0.05) is 0 Å². The van der Waals surface area contributed by atoms with Gasteiger partial charge in [0.05, 0.1) is 18.0 Å². The van der Waals surface area contributed by atoms with E-state index < -0.39 is 27.9 Å². The van der Waals surface area contributed by atoms with Gasteiger partial charge in [-0.2, -0.15) is 4.31 Å². The van der Waals surface area contributed by atoms with Gasteiger partial charge in [0.2, 0.25) is 10.0 Å². The zero-order valence-corrected chi connectivity index (χ0v) is 13.2. The van der Waals surface area contributed by atoms with Crippen molar-refractivity contribution in [1.82, 2.24) is 4.31 Å². The Kier molecular flexibility index (Phi) is 4.90. The fourth-order valence-electron chi connectivity index (χ4n) is 2.49.